The van der Waals surface area contributed by atoms with E-state index in [4.69, 9.17) is 4.74 Å². The summed E-state index contributed by atoms with van der Waals surface area (Å²) in [6, 6.07) is 28.8. The van der Waals surface area contributed by atoms with Crippen molar-refractivity contribution in [2.75, 3.05) is 11.9 Å². The van der Waals surface area contributed by atoms with Crippen LogP contribution in [0.5, 0.6) is 11.5 Å². The van der Waals surface area contributed by atoms with Crippen LogP contribution in [0.3, 0.4) is 0 Å². The maximum atomic E-state index is 13.6. The van der Waals surface area contributed by atoms with Crippen LogP contribution in [-0.2, 0) is 20.2 Å². The molecule has 20 nitrogen and oxygen atoms in total. The first-order valence-corrected chi connectivity index (χ1v) is 21.0. The average molecular weight is 956 g/mol. The van der Waals surface area contributed by atoms with Gasteiger partial charge in [0.15, 0.2) is 0 Å². The molecular formula is C41H28N9Na3O11S2. The van der Waals surface area contributed by atoms with Crippen molar-refractivity contribution < 1.29 is 139 Å². The molecule has 7 rings (SSSR count). The summed E-state index contributed by atoms with van der Waals surface area (Å²) < 4.78 is 75.9. The van der Waals surface area contributed by atoms with E-state index >= 15 is 0 Å². The fraction of sp³-hybridized carbons (Fsp3) is 0.0488. The number of carbonyl (C=O) groups excluding carboxylic acids is 2. The van der Waals surface area contributed by atoms with E-state index in [9.17, 15) is 45.7 Å². The number of carbonyl (C=O) groups is 2. The molecule has 7 aromatic rings. The molecule has 0 saturated carbocycles. The summed E-state index contributed by atoms with van der Waals surface area (Å²) in [4.78, 5) is 23.5. The summed E-state index contributed by atoms with van der Waals surface area (Å²) in [6.07, 6.45) is 1.23. The number of benzene rings is 6. The smallest absolute Gasteiger partial charge is 0.871 e. The first kappa shape index (κ1) is 53.6. The molecule has 1 heterocycles. The third-order valence-electron chi connectivity index (χ3n) is 8.75. The first-order valence-electron chi connectivity index (χ1n) is 18.2. The van der Waals surface area contributed by atoms with Gasteiger partial charge in [-0.05, 0) is 96.6 Å². The van der Waals surface area contributed by atoms with Gasteiger partial charge < -0.3 is 29.6 Å². The molecule has 66 heavy (non-hydrogen) atoms. The fourth-order valence-corrected chi connectivity index (χ4v) is 7.03. The van der Waals surface area contributed by atoms with Crippen LogP contribution in [0.4, 0.5) is 39.8 Å². The molecule has 0 aliphatic heterocycles. The number of aromatic nitrogens is 2. The summed E-state index contributed by atoms with van der Waals surface area (Å²) in [5, 5.41) is 56.7. The molecule has 1 aromatic heterocycles. The van der Waals surface area contributed by atoms with Crippen molar-refractivity contribution in [2.45, 2.75) is 16.7 Å². The number of hydrogen-bond acceptors (Lipinski definition) is 17. The SMILES string of the molecule is CCOc1cc(N=Nc2cccc(S(=O)(=O)[O-])c2)ccc1N=Nc1cn(-c2cccc(N=Nc3c(S(=O)(=O)O)cc4cc(NC(=O)c5ccccc5)ccc4c3[O-])c2)nc1C(=O)[O-].[Na+].[Na+].[Na+]. The van der Waals surface area contributed by atoms with E-state index in [2.05, 4.69) is 41.1 Å². The monoisotopic (exact) mass is 955 g/mol. The molecule has 0 radical (unpaired) electrons. The number of ether oxygens (including phenoxy) is 1. The van der Waals surface area contributed by atoms with Crippen LogP contribution in [0.25, 0.3) is 16.5 Å². The van der Waals surface area contributed by atoms with Crippen LogP contribution in [-0.4, -0.2) is 54.2 Å². The second-order valence-electron chi connectivity index (χ2n) is 13.0. The number of nitrogens with one attached hydrogen (secondary N) is 1. The maximum absolute atomic E-state index is 13.6. The number of carboxylic acids is 1. The van der Waals surface area contributed by atoms with Crippen molar-refractivity contribution >= 4 is 82.7 Å². The summed E-state index contributed by atoms with van der Waals surface area (Å²) in [5.41, 5.74) is -0.101. The molecule has 0 fully saturated rings. The van der Waals surface area contributed by atoms with Crippen LogP contribution in [0.15, 0.2) is 168 Å². The Kier molecular flexibility index (Phi) is 18.8. The zero-order chi connectivity index (χ0) is 44.9. The van der Waals surface area contributed by atoms with Crippen molar-refractivity contribution in [3.63, 3.8) is 0 Å². The van der Waals surface area contributed by atoms with Crippen LogP contribution >= 0.6 is 0 Å². The third-order valence-corrected chi connectivity index (χ3v) is 10.4. The largest absolute Gasteiger partial charge is 1.00 e. The van der Waals surface area contributed by atoms with Crippen LogP contribution < -0.4 is 109 Å². The van der Waals surface area contributed by atoms with E-state index in [0.29, 0.717) is 5.56 Å². The van der Waals surface area contributed by atoms with Gasteiger partial charge in [0.1, 0.15) is 37.8 Å². The Bertz CT molecular complexity index is 3270. The maximum Gasteiger partial charge on any atom is 1.00 e. The third kappa shape index (κ3) is 13.1. The van der Waals surface area contributed by atoms with Gasteiger partial charge in [-0.15, -0.1) is 15.3 Å². The van der Waals surface area contributed by atoms with Gasteiger partial charge >= 0.3 is 88.7 Å². The summed E-state index contributed by atoms with van der Waals surface area (Å²) in [7, 11) is -9.73. The Morgan fingerprint density at radius 3 is 2.06 bits per heavy atom. The number of carboxylic acid groups (broad SMARTS) is 1. The Hall–Kier alpha value is -5.05. The minimum absolute atomic E-state index is 0. The van der Waals surface area contributed by atoms with Crippen molar-refractivity contribution in [1.29, 1.82) is 0 Å². The molecule has 0 bridgehead atoms. The van der Waals surface area contributed by atoms with E-state index in [0.717, 1.165) is 22.9 Å². The molecule has 1 amide bonds. The van der Waals surface area contributed by atoms with Gasteiger partial charge in [0.25, 0.3) is 16.0 Å². The molecule has 0 aliphatic rings. The predicted molar refractivity (Wildman–Crippen MR) is 220 cm³/mol. The number of aromatic carboxylic acids is 1. The number of azo groups is 3. The molecule has 25 heteroatoms. The van der Waals surface area contributed by atoms with Gasteiger partial charge in [-0.2, -0.15) is 28.9 Å². The predicted octanol–water partition coefficient (Wildman–Crippen LogP) is -1.48. The van der Waals surface area contributed by atoms with E-state index < -0.39 is 59.0 Å². The number of anilines is 1. The summed E-state index contributed by atoms with van der Waals surface area (Å²) in [5.74, 6) is -2.83. The topological polar surface area (TPSA) is 305 Å². The van der Waals surface area contributed by atoms with E-state index in [1.54, 1.807) is 37.3 Å². The van der Waals surface area contributed by atoms with Crippen molar-refractivity contribution in [1.82, 2.24) is 9.78 Å². The van der Waals surface area contributed by atoms with E-state index in [1.807, 2.05) is 0 Å². The van der Waals surface area contributed by atoms with Gasteiger partial charge in [0.05, 0.1) is 52.1 Å². The van der Waals surface area contributed by atoms with E-state index in [1.165, 1.54) is 79.0 Å². The average Bonchev–Trinajstić information content (AvgIpc) is 3.70. The second kappa shape index (κ2) is 23.1. The van der Waals surface area contributed by atoms with Crippen LogP contribution in [0.2, 0.25) is 0 Å². The number of hydrogen-bond donors (Lipinski definition) is 2. The van der Waals surface area contributed by atoms with E-state index in [-0.39, 0.29) is 152 Å². The Morgan fingerprint density at radius 1 is 0.742 bits per heavy atom. The van der Waals surface area contributed by atoms with Gasteiger partial charge in [0.2, 0.25) is 0 Å². The molecule has 2 N–H and O–H groups in total. The molecule has 0 spiro atoms. The summed E-state index contributed by atoms with van der Waals surface area (Å²) in [6.45, 7) is 1.89. The van der Waals surface area contributed by atoms with Gasteiger partial charge in [0, 0.05) is 17.3 Å². The molecular weight excluding hydrogens is 928 g/mol. The zero-order valence-electron chi connectivity index (χ0n) is 35.3. The fourth-order valence-electron chi connectivity index (χ4n) is 5.86. The number of nitrogens with zero attached hydrogens (tertiary/aromatic N) is 8. The standard InChI is InChI=1S/C41H31N9O11S2.3Na/c1-2-61-35-22-29(44-43-28-11-7-13-31(21-28)62(55,56)57)15-17-33(35)46-47-34-23-50(49-37(34)41(53)54)30-12-6-10-27(20-30)45-48-38-36(63(58,59)60)19-25-18-26(14-16-32(25)39(38)51)42-40(52)24-8-4-3-5-9-24;;;/h3-23,51H,2H2,1H3,(H,42,52)(H,53,54)(H,55,56,57)(H,58,59,60);;;/q;3*+1/p-3. The Morgan fingerprint density at radius 2 is 1.39 bits per heavy atom. The van der Waals surface area contributed by atoms with Crippen molar-refractivity contribution in [2.24, 2.45) is 30.7 Å². The molecule has 0 aliphatic carbocycles. The minimum Gasteiger partial charge on any atom is -0.871 e. The Labute approximate surface area is 442 Å². The molecule has 0 unspecified atom stereocenters. The van der Waals surface area contributed by atoms with Crippen LogP contribution in [0, 0.1) is 0 Å². The first-order chi connectivity index (χ1) is 30.1. The number of amides is 1. The van der Waals surface area contributed by atoms with Gasteiger partial charge in [-0.3, -0.25) is 9.35 Å². The number of fused-ring (bicyclic) bond motifs is 1. The molecule has 0 saturated heterocycles. The normalized spacial score (nSPS) is 11.6. The molecule has 318 valence electrons. The Balaban J connectivity index is 0.00000317. The quantitative estimate of drug-likeness (QED) is 0.0717. The minimum atomic E-state index is -5.02. The van der Waals surface area contributed by atoms with Gasteiger partial charge in [-0.25, -0.2) is 13.1 Å². The van der Waals surface area contributed by atoms with Crippen LogP contribution in [0.1, 0.15) is 27.8 Å². The van der Waals surface area contributed by atoms with Crippen molar-refractivity contribution in [3.05, 3.63) is 139 Å². The number of rotatable bonds is 14. The molecule has 0 atom stereocenters. The van der Waals surface area contributed by atoms with Crippen molar-refractivity contribution in [3.8, 4) is 17.2 Å². The second-order valence-corrected chi connectivity index (χ2v) is 15.8. The van der Waals surface area contributed by atoms with Gasteiger partial charge in [-0.1, -0.05) is 42.1 Å². The zero-order valence-corrected chi connectivity index (χ0v) is 42.9. The molecule has 6 aromatic carbocycles. The summed E-state index contributed by atoms with van der Waals surface area (Å²) >= 11 is 0.